The fourth-order valence-electron chi connectivity index (χ4n) is 1.98. The number of ether oxygens (including phenoxy) is 1. The average Bonchev–Trinajstić information content (AvgIpc) is 2.57. The number of nitrogens with two attached hydrogens (primary N) is 2. The first-order chi connectivity index (χ1) is 11.9. The van der Waals surface area contributed by atoms with Crippen molar-refractivity contribution in [2.75, 3.05) is 7.11 Å². The second-order valence-electron chi connectivity index (χ2n) is 4.98. The summed E-state index contributed by atoms with van der Waals surface area (Å²) in [5.74, 6) is -0.397. The van der Waals surface area contributed by atoms with E-state index in [1.807, 2.05) is 0 Å². The minimum Gasteiger partial charge on any atom is -0.421 e. The van der Waals surface area contributed by atoms with Crippen molar-refractivity contribution in [3.05, 3.63) is 58.6 Å². The first kappa shape index (κ1) is 18.3. The van der Waals surface area contributed by atoms with Crippen LogP contribution >= 0.6 is 11.6 Å². The monoisotopic (exact) mass is 360 g/mol. The zero-order valence-electron chi connectivity index (χ0n) is 13.7. The minimum absolute atomic E-state index is 0.0629. The largest absolute Gasteiger partial charge is 0.421 e. The lowest BCUT2D eigenvalue weighted by molar-refractivity contribution is 0.0735. The van der Waals surface area contributed by atoms with E-state index in [-0.39, 0.29) is 11.7 Å². The van der Waals surface area contributed by atoms with E-state index < -0.39 is 5.97 Å². The Kier molecular flexibility index (Phi) is 5.97. The molecule has 0 heterocycles. The summed E-state index contributed by atoms with van der Waals surface area (Å²) >= 11 is 6.10. The van der Waals surface area contributed by atoms with Crippen LogP contribution in [0.15, 0.2) is 52.6 Å². The van der Waals surface area contributed by atoms with Crippen molar-refractivity contribution < 1.29 is 14.4 Å². The van der Waals surface area contributed by atoms with Crippen LogP contribution < -0.4 is 16.2 Å². The molecule has 0 atom stereocenters. The number of rotatable bonds is 5. The van der Waals surface area contributed by atoms with Gasteiger partial charge in [-0.2, -0.15) is 0 Å². The molecular formula is C17H17ClN4O3. The Morgan fingerprint density at radius 3 is 2.32 bits per heavy atom. The second-order valence-corrected chi connectivity index (χ2v) is 5.38. The van der Waals surface area contributed by atoms with Gasteiger partial charge in [0.05, 0.1) is 22.0 Å². The molecule has 0 fully saturated rings. The van der Waals surface area contributed by atoms with Crippen molar-refractivity contribution in [2.45, 2.75) is 6.92 Å². The SMILES string of the molecule is CON=C(C)c1ccc(Cl)c(OC(=O)c2ccc(N=C(N)N)cc2)c1. The molecule has 0 spiro atoms. The normalized spacial score (nSPS) is 10.9. The molecular weight excluding hydrogens is 344 g/mol. The molecule has 0 aliphatic carbocycles. The summed E-state index contributed by atoms with van der Waals surface area (Å²) in [7, 11) is 1.45. The van der Waals surface area contributed by atoms with Crippen molar-refractivity contribution in [3.8, 4) is 5.75 Å². The van der Waals surface area contributed by atoms with E-state index in [4.69, 9.17) is 32.6 Å². The third-order valence-electron chi connectivity index (χ3n) is 3.14. The number of benzene rings is 2. The Hall–Kier alpha value is -3.06. The zero-order chi connectivity index (χ0) is 18.4. The molecule has 0 saturated heterocycles. The van der Waals surface area contributed by atoms with Crippen LogP contribution in [0.1, 0.15) is 22.8 Å². The Labute approximate surface area is 149 Å². The molecule has 0 aromatic heterocycles. The van der Waals surface area contributed by atoms with Crippen molar-refractivity contribution >= 4 is 34.9 Å². The smallest absolute Gasteiger partial charge is 0.343 e. The maximum atomic E-state index is 12.3. The Bertz CT molecular complexity index is 828. The standard InChI is InChI=1S/C17H17ClN4O3/c1-10(22-24-2)12-5-8-14(18)15(9-12)25-16(23)11-3-6-13(7-4-11)21-17(19)20/h3-9H,1-2H3,(H4,19,20,21). The van der Waals surface area contributed by atoms with Gasteiger partial charge in [-0.3, -0.25) is 0 Å². The minimum atomic E-state index is -0.559. The predicted octanol–water partition coefficient (Wildman–Crippen LogP) is 2.83. The summed E-state index contributed by atoms with van der Waals surface area (Å²) in [5.41, 5.74) is 12.8. The molecule has 0 aliphatic heterocycles. The molecule has 0 aliphatic rings. The lowest BCUT2D eigenvalue weighted by Crippen LogP contribution is -2.21. The highest BCUT2D eigenvalue weighted by molar-refractivity contribution is 6.32. The maximum absolute atomic E-state index is 12.3. The number of esters is 1. The number of carbonyl (C=O) groups is 1. The van der Waals surface area contributed by atoms with Gasteiger partial charge in [-0.1, -0.05) is 22.8 Å². The topological polar surface area (TPSA) is 112 Å². The van der Waals surface area contributed by atoms with Crippen LogP contribution in [-0.2, 0) is 4.84 Å². The van der Waals surface area contributed by atoms with Gasteiger partial charge in [0.2, 0.25) is 0 Å². The van der Waals surface area contributed by atoms with Gasteiger partial charge in [0, 0.05) is 5.56 Å². The third kappa shape index (κ3) is 4.95. The van der Waals surface area contributed by atoms with Crippen LogP contribution in [0.2, 0.25) is 5.02 Å². The first-order valence-corrected chi connectivity index (χ1v) is 7.58. The van der Waals surface area contributed by atoms with Crippen LogP contribution in [0, 0.1) is 0 Å². The highest BCUT2D eigenvalue weighted by atomic mass is 35.5. The zero-order valence-corrected chi connectivity index (χ0v) is 14.4. The van der Waals surface area contributed by atoms with Crippen molar-refractivity contribution in [2.24, 2.45) is 21.6 Å². The van der Waals surface area contributed by atoms with E-state index in [0.717, 1.165) is 5.56 Å². The van der Waals surface area contributed by atoms with Crippen LogP contribution in [0.4, 0.5) is 5.69 Å². The quantitative estimate of drug-likeness (QED) is 0.280. The van der Waals surface area contributed by atoms with Crippen LogP contribution in [0.25, 0.3) is 0 Å². The number of hydrogen-bond donors (Lipinski definition) is 2. The van der Waals surface area contributed by atoms with Gasteiger partial charge in [0.15, 0.2) is 5.96 Å². The van der Waals surface area contributed by atoms with Crippen LogP contribution in [0.5, 0.6) is 5.75 Å². The summed E-state index contributed by atoms with van der Waals surface area (Å²) in [4.78, 5) is 20.9. The Balaban J connectivity index is 2.21. The van der Waals surface area contributed by atoms with Gasteiger partial charge < -0.3 is 21.0 Å². The molecule has 25 heavy (non-hydrogen) atoms. The van der Waals surface area contributed by atoms with Gasteiger partial charge >= 0.3 is 5.97 Å². The summed E-state index contributed by atoms with van der Waals surface area (Å²) in [6.07, 6.45) is 0. The number of nitrogens with zero attached hydrogens (tertiary/aromatic N) is 2. The number of hydrogen-bond acceptors (Lipinski definition) is 5. The Morgan fingerprint density at radius 1 is 1.08 bits per heavy atom. The van der Waals surface area contributed by atoms with Gasteiger partial charge in [-0.15, -0.1) is 0 Å². The number of guanidine groups is 1. The number of carbonyl (C=O) groups excluding carboxylic acids is 1. The number of oxime groups is 1. The average molecular weight is 361 g/mol. The maximum Gasteiger partial charge on any atom is 0.343 e. The molecule has 2 aromatic rings. The van der Waals surface area contributed by atoms with Gasteiger partial charge in [0.25, 0.3) is 0 Å². The van der Waals surface area contributed by atoms with Crippen molar-refractivity contribution in [1.29, 1.82) is 0 Å². The molecule has 0 bridgehead atoms. The van der Waals surface area contributed by atoms with Crippen LogP contribution in [0.3, 0.4) is 0 Å². The third-order valence-corrected chi connectivity index (χ3v) is 3.45. The van der Waals surface area contributed by atoms with Gasteiger partial charge in [-0.05, 0) is 43.3 Å². The number of halogens is 1. The summed E-state index contributed by atoms with van der Waals surface area (Å²) in [6, 6.07) is 11.3. The summed E-state index contributed by atoms with van der Waals surface area (Å²) in [5, 5.41) is 4.14. The molecule has 130 valence electrons. The molecule has 7 nitrogen and oxygen atoms in total. The summed E-state index contributed by atoms with van der Waals surface area (Å²) < 4.78 is 5.37. The molecule has 4 N–H and O–H groups in total. The van der Waals surface area contributed by atoms with Crippen molar-refractivity contribution in [1.82, 2.24) is 0 Å². The highest BCUT2D eigenvalue weighted by Crippen LogP contribution is 2.27. The fourth-order valence-corrected chi connectivity index (χ4v) is 2.13. The molecule has 0 saturated carbocycles. The molecule has 2 rings (SSSR count). The van der Waals surface area contributed by atoms with Crippen molar-refractivity contribution in [3.63, 3.8) is 0 Å². The molecule has 0 radical (unpaired) electrons. The molecule has 8 heteroatoms. The summed E-state index contributed by atoms with van der Waals surface area (Å²) in [6.45, 7) is 1.76. The van der Waals surface area contributed by atoms with Crippen LogP contribution in [-0.4, -0.2) is 24.8 Å². The van der Waals surface area contributed by atoms with E-state index in [1.54, 1.807) is 49.4 Å². The fraction of sp³-hybridized carbons (Fsp3) is 0.118. The highest BCUT2D eigenvalue weighted by Gasteiger charge is 2.13. The predicted molar refractivity (Wildman–Crippen MR) is 97.5 cm³/mol. The Morgan fingerprint density at radius 2 is 1.72 bits per heavy atom. The van der Waals surface area contributed by atoms with Gasteiger partial charge in [0.1, 0.15) is 12.9 Å². The van der Waals surface area contributed by atoms with E-state index in [9.17, 15) is 4.79 Å². The van der Waals surface area contributed by atoms with E-state index in [1.165, 1.54) is 7.11 Å². The molecule has 0 amide bonds. The second kappa shape index (κ2) is 8.16. The van der Waals surface area contributed by atoms with Gasteiger partial charge in [-0.25, -0.2) is 9.79 Å². The van der Waals surface area contributed by atoms with E-state index in [0.29, 0.717) is 22.0 Å². The molecule has 2 aromatic carbocycles. The lowest BCUT2D eigenvalue weighted by atomic mass is 10.1. The number of aliphatic imine (C=N–C) groups is 1. The van der Waals surface area contributed by atoms with E-state index >= 15 is 0 Å². The first-order valence-electron chi connectivity index (χ1n) is 7.20. The lowest BCUT2D eigenvalue weighted by Gasteiger charge is -2.09. The molecule has 0 unspecified atom stereocenters. The van der Waals surface area contributed by atoms with E-state index in [2.05, 4.69) is 10.1 Å².